The number of nitrogens with one attached hydrogen (secondary N) is 2. The summed E-state index contributed by atoms with van der Waals surface area (Å²) < 4.78 is 7.64. The summed E-state index contributed by atoms with van der Waals surface area (Å²) in [5.74, 6) is 1.78. The van der Waals surface area contributed by atoms with Crippen LogP contribution >= 0.6 is 15.9 Å². The summed E-state index contributed by atoms with van der Waals surface area (Å²) in [6, 6.07) is 7.30. The second kappa shape index (κ2) is 6.64. The van der Waals surface area contributed by atoms with Crippen molar-refractivity contribution in [3.63, 3.8) is 0 Å². The van der Waals surface area contributed by atoms with E-state index in [9.17, 15) is 4.79 Å². The van der Waals surface area contributed by atoms with Crippen molar-refractivity contribution in [1.29, 1.82) is 0 Å². The number of H-pyrrole nitrogens is 1. The third kappa shape index (κ3) is 3.28. The Labute approximate surface area is 147 Å². The Bertz CT molecular complexity index is 932. The Morgan fingerprint density at radius 1 is 1.33 bits per heavy atom. The van der Waals surface area contributed by atoms with E-state index in [4.69, 9.17) is 4.74 Å². The SMILES string of the molecule is COc1ccc(Br)cc1CNc1nc2nc(C(C)C)cc(=O)n2[nH]1. The molecule has 3 aromatic rings. The topological polar surface area (TPSA) is 84.3 Å². The maximum absolute atomic E-state index is 12.1. The zero-order valence-electron chi connectivity index (χ0n) is 13.6. The smallest absolute Gasteiger partial charge is 0.274 e. The van der Waals surface area contributed by atoms with E-state index in [1.54, 1.807) is 7.11 Å². The van der Waals surface area contributed by atoms with Gasteiger partial charge in [-0.3, -0.25) is 9.89 Å². The van der Waals surface area contributed by atoms with Gasteiger partial charge < -0.3 is 10.1 Å². The highest BCUT2D eigenvalue weighted by atomic mass is 79.9. The number of aromatic amines is 1. The molecule has 0 fully saturated rings. The van der Waals surface area contributed by atoms with E-state index >= 15 is 0 Å². The van der Waals surface area contributed by atoms with Crippen LogP contribution in [0.3, 0.4) is 0 Å². The zero-order valence-corrected chi connectivity index (χ0v) is 15.2. The highest BCUT2D eigenvalue weighted by molar-refractivity contribution is 9.10. The van der Waals surface area contributed by atoms with E-state index in [1.807, 2.05) is 32.0 Å². The average Bonchev–Trinajstić information content (AvgIpc) is 2.96. The number of hydrogen-bond donors (Lipinski definition) is 2. The molecule has 0 bridgehead atoms. The maximum Gasteiger partial charge on any atom is 0.274 e. The molecular weight excluding hydrogens is 374 g/mol. The summed E-state index contributed by atoms with van der Waals surface area (Å²) >= 11 is 3.45. The number of benzene rings is 1. The predicted octanol–water partition coefficient (Wildman–Crippen LogP) is 2.92. The van der Waals surface area contributed by atoms with Crippen LogP contribution in [0, 0.1) is 0 Å². The van der Waals surface area contributed by atoms with Crippen molar-refractivity contribution in [3.8, 4) is 5.75 Å². The molecule has 2 N–H and O–H groups in total. The Morgan fingerprint density at radius 3 is 2.83 bits per heavy atom. The van der Waals surface area contributed by atoms with E-state index < -0.39 is 0 Å². The van der Waals surface area contributed by atoms with Gasteiger partial charge >= 0.3 is 0 Å². The van der Waals surface area contributed by atoms with Crippen LogP contribution < -0.4 is 15.6 Å². The van der Waals surface area contributed by atoms with Crippen LogP contribution in [0.1, 0.15) is 31.0 Å². The number of methoxy groups -OCH3 is 1. The van der Waals surface area contributed by atoms with Crippen LogP contribution in [-0.4, -0.2) is 26.7 Å². The Hall–Kier alpha value is -2.35. The molecule has 0 aliphatic rings. The van der Waals surface area contributed by atoms with Crippen molar-refractivity contribution in [3.05, 3.63) is 50.3 Å². The molecule has 0 aliphatic carbocycles. The number of ether oxygens (including phenoxy) is 1. The summed E-state index contributed by atoms with van der Waals surface area (Å²) in [7, 11) is 1.63. The number of hydrogen-bond acceptors (Lipinski definition) is 5. The first-order valence-electron chi connectivity index (χ1n) is 7.54. The monoisotopic (exact) mass is 391 g/mol. The van der Waals surface area contributed by atoms with Crippen LogP contribution in [0.15, 0.2) is 33.5 Å². The first kappa shape index (κ1) is 16.5. The molecule has 0 spiro atoms. The van der Waals surface area contributed by atoms with Gasteiger partial charge in [0.15, 0.2) is 0 Å². The van der Waals surface area contributed by atoms with Crippen LogP contribution in [-0.2, 0) is 6.54 Å². The largest absolute Gasteiger partial charge is 0.496 e. The van der Waals surface area contributed by atoms with Gasteiger partial charge in [0, 0.05) is 22.6 Å². The van der Waals surface area contributed by atoms with Crippen molar-refractivity contribution < 1.29 is 4.74 Å². The molecule has 8 heteroatoms. The van der Waals surface area contributed by atoms with Crippen LogP contribution in [0.4, 0.5) is 5.95 Å². The van der Waals surface area contributed by atoms with E-state index in [1.165, 1.54) is 10.6 Å². The molecule has 24 heavy (non-hydrogen) atoms. The Kier molecular flexibility index (Phi) is 4.57. The quantitative estimate of drug-likeness (QED) is 0.698. The fourth-order valence-electron chi connectivity index (χ4n) is 2.34. The summed E-state index contributed by atoms with van der Waals surface area (Å²) in [5, 5.41) is 6.08. The van der Waals surface area contributed by atoms with Gasteiger partial charge in [0.2, 0.25) is 5.95 Å². The minimum atomic E-state index is -0.177. The van der Waals surface area contributed by atoms with Crippen molar-refractivity contribution in [2.45, 2.75) is 26.3 Å². The highest BCUT2D eigenvalue weighted by Gasteiger charge is 2.11. The third-order valence-corrected chi connectivity index (χ3v) is 4.12. The Morgan fingerprint density at radius 2 is 2.12 bits per heavy atom. The maximum atomic E-state index is 12.1. The molecule has 0 amide bonds. The van der Waals surface area contributed by atoms with Crippen molar-refractivity contribution in [1.82, 2.24) is 19.6 Å². The summed E-state index contributed by atoms with van der Waals surface area (Å²) in [5.41, 5.74) is 1.52. The summed E-state index contributed by atoms with van der Waals surface area (Å²) in [6.45, 7) is 4.47. The summed E-state index contributed by atoms with van der Waals surface area (Å²) in [4.78, 5) is 20.9. The first-order valence-corrected chi connectivity index (χ1v) is 8.33. The van der Waals surface area contributed by atoms with E-state index in [0.717, 1.165) is 21.5 Å². The minimum absolute atomic E-state index is 0.168. The second-order valence-electron chi connectivity index (χ2n) is 5.69. The van der Waals surface area contributed by atoms with Crippen molar-refractivity contribution in [2.24, 2.45) is 0 Å². The van der Waals surface area contributed by atoms with Crippen LogP contribution in [0.2, 0.25) is 0 Å². The molecule has 0 atom stereocenters. The normalized spacial score (nSPS) is 11.2. The minimum Gasteiger partial charge on any atom is -0.496 e. The zero-order chi connectivity index (χ0) is 17.3. The standard InChI is InChI=1S/C16H18BrN5O2/c1-9(2)12-7-14(23)22-16(19-12)20-15(21-22)18-8-10-6-11(17)4-5-13(10)24-3/h4-7,9H,8H2,1-3H3,(H2,18,19,20,21). The third-order valence-electron chi connectivity index (χ3n) is 3.63. The van der Waals surface area contributed by atoms with E-state index in [-0.39, 0.29) is 11.5 Å². The molecule has 2 heterocycles. The van der Waals surface area contributed by atoms with Gasteiger partial charge in [-0.2, -0.15) is 9.50 Å². The lowest BCUT2D eigenvalue weighted by atomic mass is 10.1. The first-order chi connectivity index (χ1) is 11.5. The lowest BCUT2D eigenvalue weighted by Crippen LogP contribution is -2.16. The average molecular weight is 392 g/mol. The van der Waals surface area contributed by atoms with E-state index in [2.05, 4.69) is 36.3 Å². The lowest BCUT2D eigenvalue weighted by molar-refractivity contribution is 0.410. The number of rotatable bonds is 5. The molecular formula is C16H18BrN5O2. The number of nitrogens with zero attached hydrogens (tertiary/aromatic N) is 3. The van der Waals surface area contributed by atoms with Crippen LogP contribution in [0.5, 0.6) is 5.75 Å². The molecule has 0 aliphatic heterocycles. The van der Waals surface area contributed by atoms with Gasteiger partial charge in [-0.15, -0.1) is 0 Å². The number of halogens is 1. The summed E-state index contributed by atoms with van der Waals surface area (Å²) in [6.07, 6.45) is 0. The number of fused-ring (bicyclic) bond motifs is 1. The molecule has 0 saturated carbocycles. The van der Waals surface area contributed by atoms with Gasteiger partial charge in [0.05, 0.1) is 12.8 Å². The molecule has 2 aromatic heterocycles. The fraction of sp³-hybridized carbons (Fsp3) is 0.312. The van der Waals surface area contributed by atoms with Gasteiger partial charge in [-0.1, -0.05) is 29.8 Å². The van der Waals surface area contributed by atoms with Crippen LogP contribution in [0.25, 0.3) is 5.78 Å². The molecule has 0 unspecified atom stereocenters. The van der Waals surface area contributed by atoms with E-state index in [0.29, 0.717) is 18.3 Å². The number of anilines is 1. The van der Waals surface area contributed by atoms with Gasteiger partial charge in [-0.25, -0.2) is 4.98 Å². The molecule has 7 nitrogen and oxygen atoms in total. The second-order valence-corrected chi connectivity index (χ2v) is 6.61. The number of aromatic nitrogens is 4. The molecule has 0 radical (unpaired) electrons. The van der Waals surface area contributed by atoms with Gasteiger partial charge in [-0.05, 0) is 24.1 Å². The fourth-order valence-corrected chi connectivity index (χ4v) is 2.75. The van der Waals surface area contributed by atoms with Gasteiger partial charge in [0.25, 0.3) is 11.3 Å². The molecule has 126 valence electrons. The lowest BCUT2D eigenvalue weighted by Gasteiger charge is -2.09. The highest BCUT2D eigenvalue weighted by Crippen LogP contribution is 2.23. The van der Waals surface area contributed by atoms with Crippen molar-refractivity contribution >= 4 is 27.7 Å². The van der Waals surface area contributed by atoms with Crippen molar-refractivity contribution in [2.75, 3.05) is 12.4 Å². The Balaban J connectivity index is 1.87. The van der Waals surface area contributed by atoms with Gasteiger partial charge in [0.1, 0.15) is 5.75 Å². The molecule has 3 rings (SSSR count). The molecule has 0 saturated heterocycles. The molecule has 1 aromatic carbocycles. The predicted molar refractivity (Wildman–Crippen MR) is 95.7 cm³/mol.